The molecule has 0 bridgehead atoms. The van der Waals surface area contributed by atoms with Crippen molar-refractivity contribution in [1.82, 2.24) is 20.5 Å². The van der Waals surface area contributed by atoms with Gasteiger partial charge in [-0.25, -0.2) is 9.78 Å². The quantitative estimate of drug-likeness (QED) is 0.640. The molecule has 0 aliphatic carbocycles. The number of rotatable bonds is 8. The second-order valence-electron chi connectivity index (χ2n) is 6.19. The van der Waals surface area contributed by atoms with Crippen LogP contribution in [0.25, 0.3) is 0 Å². The summed E-state index contributed by atoms with van der Waals surface area (Å²) >= 11 is 0. The molecular weight excluding hydrogens is 381 g/mol. The molecule has 1 unspecified atom stereocenters. The highest BCUT2D eigenvalue weighted by Gasteiger charge is 2.36. The molecule has 28 heavy (non-hydrogen) atoms. The SMILES string of the molecule is COCCOc1ccc(CNC(=O)N2CCCC2C(=O)NCC(F)(F)F)cn1. The fraction of sp³-hybridized carbons (Fsp3) is 0.588. The van der Waals surface area contributed by atoms with E-state index in [9.17, 15) is 22.8 Å². The van der Waals surface area contributed by atoms with Gasteiger partial charge in [-0.15, -0.1) is 0 Å². The third-order valence-electron chi connectivity index (χ3n) is 4.06. The first-order valence-corrected chi connectivity index (χ1v) is 8.76. The highest BCUT2D eigenvalue weighted by atomic mass is 19.4. The highest BCUT2D eigenvalue weighted by Crippen LogP contribution is 2.19. The number of carbonyl (C=O) groups excluding carboxylic acids is 2. The first-order valence-electron chi connectivity index (χ1n) is 8.76. The van der Waals surface area contributed by atoms with Gasteiger partial charge < -0.3 is 25.0 Å². The average Bonchev–Trinajstić information content (AvgIpc) is 3.15. The van der Waals surface area contributed by atoms with Gasteiger partial charge in [0.1, 0.15) is 19.2 Å². The van der Waals surface area contributed by atoms with E-state index in [0.29, 0.717) is 44.0 Å². The minimum Gasteiger partial charge on any atom is -0.475 e. The molecule has 1 aliphatic heterocycles. The number of halogens is 3. The molecule has 156 valence electrons. The van der Waals surface area contributed by atoms with Crippen molar-refractivity contribution in [3.63, 3.8) is 0 Å². The van der Waals surface area contributed by atoms with Crippen LogP contribution in [0.3, 0.4) is 0 Å². The van der Waals surface area contributed by atoms with Crippen molar-refractivity contribution < 1.29 is 32.2 Å². The van der Waals surface area contributed by atoms with Gasteiger partial charge in [0.25, 0.3) is 0 Å². The molecule has 2 N–H and O–H groups in total. The largest absolute Gasteiger partial charge is 0.475 e. The summed E-state index contributed by atoms with van der Waals surface area (Å²) in [5.41, 5.74) is 0.713. The van der Waals surface area contributed by atoms with E-state index in [2.05, 4.69) is 10.3 Å². The lowest BCUT2D eigenvalue weighted by Gasteiger charge is -2.24. The fourth-order valence-corrected chi connectivity index (χ4v) is 2.70. The molecule has 1 aromatic heterocycles. The number of aromatic nitrogens is 1. The van der Waals surface area contributed by atoms with E-state index in [0.717, 1.165) is 0 Å². The van der Waals surface area contributed by atoms with Crippen LogP contribution in [0.15, 0.2) is 18.3 Å². The van der Waals surface area contributed by atoms with Crippen molar-refractivity contribution in [2.45, 2.75) is 31.6 Å². The van der Waals surface area contributed by atoms with Gasteiger partial charge in [-0.3, -0.25) is 4.79 Å². The molecule has 8 nitrogen and oxygen atoms in total. The summed E-state index contributed by atoms with van der Waals surface area (Å²) in [5, 5.41) is 4.49. The van der Waals surface area contributed by atoms with E-state index in [1.165, 1.54) is 4.90 Å². The van der Waals surface area contributed by atoms with Gasteiger partial charge in [0.15, 0.2) is 0 Å². The number of hydrogen-bond acceptors (Lipinski definition) is 5. The van der Waals surface area contributed by atoms with Crippen LogP contribution >= 0.6 is 0 Å². The van der Waals surface area contributed by atoms with Crippen LogP contribution in [0.2, 0.25) is 0 Å². The molecule has 0 aromatic carbocycles. The summed E-state index contributed by atoms with van der Waals surface area (Å²) in [6.45, 7) is -0.139. The van der Waals surface area contributed by atoms with E-state index in [1.54, 1.807) is 25.4 Å². The Morgan fingerprint density at radius 3 is 2.71 bits per heavy atom. The topological polar surface area (TPSA) is 92.8 Å². The van der Waals surface area contributed by atoms with E-state index in [4.69, 9.17) is 9.47 Å². The number of alkyl halides is 3. The van der Waals surface area contributed by atoms with Crippen LogP contribution in [0.5, 0.6) is 5.88 Å². The number of carbonyl (C=O) groups is 2. The molecule has 0 spiro atoms. The smallest absolute Gasteiger partial charge is 0.405 e. The third-order valence-corrected chi connectivity index (χ3v) is 4.06. The van der Waals surface area contributed by atoms with Crippen LogP contribution in [0.1, 0.15) is 18.4 Å². The first-order chi connectivity index (χ1) is 13.3. The zero-order chi connectivity index (χ0) is 20.6. The van der Waals surface area contributed by atoms with Gasteiger partial charge in [0.05, 0.1) is 6.61 Å². The number of nitrogens with one attached hydrogen (secondary N) is 2. The predicted octanol–water partition coefficient (Wildman–Crippen LogP) is 1.46. The second kappa shape index (κ2) is 10.1. The predicted molar refractivity (Wildman–Crippen MR) is 92.6 cm³/mol. The third kappa shape index (κ3) is 6.87. The van der Waals surface area contributed by atoms with E-state index in [-0.39, 0.29) is 6.54 Å². The average molecular weight is 404 g/mol. The fourth-order valence-electron chi connectivity index (χ4n) is 2.70. The maximum Gasteiger partial charge on any atom is 0.405 e. The summed E-state index contributed by atoms with van der Waals surface area (Å²) in [7, 11) is 1.56. The molecule has 2 rings (SSSR count). The van der Waals surface area contributed by atoms with Crippen LogP contribution < -0.4 is 15.4 Å². The lowest BCUT2D eigenvalue weighted by atomic mass is 10.2. The Morgan fingerprint density at radius 2 is 2.07 bits per heavy atom. The zero-order valence-electron chi connectivity index (χ0n) is 15.4. The number of likely N-dealkylation sites (tertiary alicyclic amines) is 1. The molecular formula is C17H23F3N4O4. The highest BCUT2D eigenvalue weighted by molar-refractivity contribution is 5.87. The zero-order valence-corrected chi connectivity index (χ0v) is 15.4. The summed E-state index contributed by atoms with van der Waals surface area (Å²) in [6.07, 6.45) is -2.08. The van der Waals surface area contributed by atoms with Crippen molar-refractivity contribution in [2.24, 2.45) is 0 Å². The Bertz CT molecular complexity index is 655. The van der Waals surface area contributed by atoms with E-state index < -0.39 is 30.7 Å². The van der Waals surface area contributed by atoms with E-state index in [1.807, 2.05) is 5.32 Å². The van der Waals surface area contributed by atoms with Crippen molar-refractivity contribution in [3.8, 4) is 5.88 Å². The summed E-state index contributed by atoms with van der Waals surface area (Å²) in [4.78, 5) is 29.6. The van der Waals surface area contributed by atoms with Crippen molar-refractivity contribution in [2.75, 3.05) is 33.4 Å². The number of amides is 3. The molecule has 3 amide bonds. The van der Waals surface area contributed by atoms with Crippen LogP contribution in [0.4, 0.5) is 18.0 Å². The Hall–Kier alpha value is -2.56. The Labute approximate surface area is 160 Å². The molecule has 11 heteroatoms. The number of methoxy groups -OCH3 is 1. The number of nitrogens with zero attached hydrogens (tertiary/aromatic N) is 2. The van der Waals surface area contributed by atoms with Gasteiger partial charge in [-0.1, -0.05) is 6.07 Å². The first kappa shape index (κ1) is 21.7. The molecule has 1 aromatic rings. The van der Waals surface area contributed by atoms with Crippen LogP contribution in [-0.4, -0.2) is 67.5 Å². The van der Waals surface area contributed by atoms with Gasteiger partial charge in [-0.05, 0) is 18.4 Å². The minimum absolute atomic E-state index is 0.164. The molecule has 1 saturated heterocycles. The molecule has 2 heterocycles. The minimum atomic E-state index is -4.49. The van der Waals surface area contributed by atoms with Crippen molar-refractivity contribution >= 4 is 11.9 Å². The van der Waals surface area contributed by atoms with Crippen LogP contribution in [0, 0.1) is 0 Å². The van der Waals surface area contributed by atoms with E-state index >= 15 is 0 Å². The second-order valence-corrected chi connectivity index (χ2v) is 6.19. The molecule has 0 saturated carbocycles. The number of hydrogen-bond donors (Lipinski definition) is 2. The van der Waals surface area contributed by atoms with Crippen molar-refractivity contribution in [1.29, 1.82) is 0 Å². The normalized spacial score (nSPS) is 16.7. The molecule has 0 radical (unpaired) electrons. The lowest BCUT2D eigenvalue weighted by molar-refractivity contribution is -0.140. The molecule has 1 aliphatic rings. The maximum absolute atomic E-state index is 12.3. The molecule has 1 atom stereocenters. The Morgan fingerprint density at radius 1 is 1.29 bits per heavy atom. The number of ether oxygens (including phenoxy) is 2. The number of pyridine rings is 1. The monoisotopic (exact) mass is 404 g/mol. The summed E-state index contributed by atoms with van der Waals surface area (Å²) in [5.74, 6) is -0.378. The standard InChI is InChI=1S/C17H23F3N4O4/c1-27-7-8-28-14-5-4-12(9-21-14)10-22-16(26)24-6-2-3-13(24)15(25)23-11-17(18,19)20/h4-5,9,13H,2-3,6-8,10-11H2,1H3,(H,22,26)(H,23,25). The Kier molecular flexibility index (Phi) is 7.85. The molecule has 1 fully saturated rings. The lowest BCUT2D eigenvalue weighted by Crippen LogP contribution is -2.50. The van der Waals surface area contributed by atoms with Crippen LogP contribution in [-0.2, 0) is 16.1 Å². The maximum atomic E-state index is 12.3. The van der Waals surface area contributed by atoms with Gasteiger partial charge in [0.2, 0.25) is 11.8 Å². The number of urea groups is 1. The summed E-state index contributed by atoms with van der Waals surface area (Å²) in [6, 6.07) is 1.97. The summed E-state index contributed by atoms with van der Waals surface area (Å²) < 4.78 is 47.0. The van der Waals surface area contributed by atoms with Gasteiger partial charge in [0, 0.05) is 32.5 Å². The van der Waals surface area contributed by atoms with Crippen molar-refractivity contribution in [3.05, 3.63) is 23.9 Å². The Balaban J connectivity index is 1.82. The van der Waals surface area contributed by atoms with Gasteiger partial charge in [-0.2, -0.15) is 13.2 Å². The van der Waals surface area contributed by atoms with Gasteiger partial charge >= 0.3 is 12.2 Å².